The van der Waals surface area contributed by atoms with Gasteiger partial charge in [0.1, 0.15) is 0 Å². The summed E-state index contributed by atoms with van der Waals surface area (Å²) in [4.78, 5) is 17.7. The second-order valence-corrected chi connectivity index (χ2v) is 6.40. The molecule has 0 spiro atoms. The normalized spacial score (nSPS) is 18.0. The minimum absolute atomic E-state index is 0.0674. The van der Waals surface area contributed by atoms with Crippen LogP contribution < -0.4 is 5.32 Å². The third-order valence-electron chi connectivity index (χ3n) is 3.78. The lowest BCUT2D eigenvalue weighted by Gasteiger charge is -2.16. The van der Waals surface area contributed by atoms with Crippen LogP contribution in [0.2, 0.25) is 0 Å². The molecular weight excluding hydrogens is 356 g/mol. The highest BCUT2D eigenvalue weighted by molar-refractivity contribution is 9.10. The quantitative estimate of drug-likeness (QED) is 0.886. The zero-order chi connectivity index (χ0) is 16.2. The van der Waals surface area contributed by atoms with Gasteiger partial charge in [-0.05, 0) is 24.6 Å². The molecule has 1 N–H and O–H groups in total. The van der Waals surface area contributed by atoms with Gasteiger partial charge < -0.3 is 10.2 Å². The van der Waals surface area contributed by atoms with Gasteiger partial charge in [-0.1, -0.05) is 63.6 Å². The summed E-state index contributed by atoms with van der Waals surface area (Å²) >= 11 is 3.44. The fourth-order valence-electron chi connectivity index (χ4n) is 2.49. The minimum atomic E-state index is -0.574. The zero-order valence-electron chi connectivity index (χ0n) is 12.7. The Hall–Kier alpha value is -2.14. The maximum atomic E-state index is 12.4. The number of hydrogen-bond acceptors (Lipinski definition) is 3. The number of amides is 1. The van der Waals surface area contributed by atoms with Crippen LogP contribution in [-0.4, -0.2) is 17.7 Å². The molecule has 2 aromatic carbocycles. The molecule has 1 aliphatic heterocycles. The zero-order valence-corrected chi connectivity index (χ0v) is 14.3. The van der Waals surface area contributed by atoms with Crippen molar-refractivity contribution >= 4 is 27.5 Å². The number of rotatable bonds is 4. The average Bonchev–Trinajstić information content (AvgIpc) is 3.06. The number of halogens is 1. The predicted octanol–water partition coefficient (Wildman–Crippen LogP) is 3.82. The third kappa shape index (κ3) is 3.79. The largest absolute Gasteiger partial charge is 0.382 e. The van der Waals surface area contributed by atoms with E-state index in [0.717, 1.165) is 21.3 Å². The minimum Gasteiger partial charge on any atom is -0.382 e. The molecule has 2 atom stereocenters. The van der Waals surface area contributed by atoms with E-state index >= 15 is 0 Å². The molecule has 0 aromatic heterocycles. The second-order valence-electron chi connectivity index (χ2n) is 5.49. The summed E-state index contributed by atoms with van der Waals surface area (Å²) in [5.74, 6) is -0.143. The summed E-state index contributed by atoms with van der Waals surface area (Å²) in [5.41, 5.74) is 2.82. The van der Waals surface area contributed by atoms with Crippen molar-refractivity contribution in [2.24, 2.45) is 5.16 Å². The fraction of sp³-hybridized carbons (Fsp3) is 0.222. The van der Waals surface area contributed by atoms with Crippen molar-refractivity contribution in [1.82, 2.24) is 5.32 Å². The molecule has 0 radical (unpaired) electrons. The Balaban J connectivity index is 1.60. The number of carbonyl (C=O) groups is 1. The molecule has 5 heteroatoms. The molecule has 23 heavy (non-hydrogen) atoms. The standard InChI is InChI=1S/C18H17BrN2O2/c1-12(13-6-3-2-4-7-13)20-18(22)17-11-16(21-23-17)14-8-5-9-15(19)10-14/h2-10,12,17H,11H2,1H3,(H,20,22). The smallest absolute Gasteiger partial charge is 0.264 e. The van der Waals surface area contributed by atoms with Crippen LogP contribution in [0, 0.1) is 0 Å². The van der Waals surface area contributed by atoms with Gasteiger partial charge in [-0.3, -0.25) is 4.79 Å². The highest BCUT2D eigenvalue weighted by Gasteiger charge is 2.29. The number of oxime groups is 1. The molecule has 0 fully saturated rings. The summed E-state index contributed by atoms with van der Waals surface area (Å²) in [6.07, 6.45) is -0.0980. The Morgan fingerprint density at radius 3 is 2.78 bits per heavy atom. The van der Waals surface area contributed by atoms with Crippen LogP contribution >= 0.6 is 15.9 Å². The van der Waals surface area contributed by atoms with Crippen molar-refractivity contribution < 1.29 is 9.63 Å². The molecule has 1 aliphatic rings. The number of nitrogens with one attached hydrogen (secondary N) is 1. The van der Waals surface area contributed by atoms with Crippen LogP contribution in [0.1, 0.15) is 30.5 Å². The van der Waals surface area contributed by atoms with Gasteiger partial charge in [0.25, 0.3) is 5.91 Å². The second kappa shape index (κ2) is 6.96. The van der Waals surface area contributed by atoms with Crippen LogP contribution in [0.25, 0.3) is 0 Å². The van der Waals surface area contributed by atoms with Crippen molar-refractivity contribution in [2.75, 3.05) is 0 Å². The van der Waals surface area contributed by atoms with Crippen LogP contribution in [0.4, 0.5) is 0 Å². The Bertz CT molecular complexity index is 731. The summed E-state index contributed by atoms with van der Waals surface area (Å²) in [6.45, 7) is 1.96. The summed E-state index contributed by atoms with van der Waals surface area (Å²) in [5, 5.41) is 7.04. The lowest BCUT2D eigenvalue weighted by molar-refractivity contribution is -0.131. The Kier molecular flexibility index (Phi) is 4.76. The van der Waals surface area contributed by atoms with E-state index in [0.29, 0.717) is 6.42 Å². The van der Waals surface area contributed by atoms with Crippen LogP contribution in [0.15, 0.2) is 64.2 Å². The Morgan fingerprint density at radius 2 is 2.04 bits per heavy atom. The SMILES string of the molecule is CC(NC(=O)C1CC(c2cccc(Br)c2)=NO1)c1ccccc1. The molecule has 2 aromatic rings. The molecule has 1 heterocycles. The maximum Gasteiger partial charge on any atom is 0.264 e. The molecule has 2 unspecified atom stereocenters. The predicted molar refractivity (Wildman–Crippen MR) is 93.2 cm³/mol. The monoisotopic (exact) mass is 372 g/mol. The van der Waals surface area contributed by atoms with E-state index < -0.39 is 6.10 Å². The van der Waals surface area contributed by atoms with E-state index in [1.165, 1.54) is 0 Å². The topological polar surface area (TPSA) is 50.7 Å². The van der Waals surface area contributed by atoms with Crippen molar-refractivity contribution in [3.63, 3.8) is 0 Å². The first-order valence-corrected chi connectivity index (χ1v) is 8.27. The van der Waals surface area contributed by atoms with Gasteiger partial charge >= 0.3 is 0 Å². The maximum absolute atomic E-state index is 12.4. The Morgan fingerprint density at radius 1 is 1.26 bits per heavy atom. The van der Waals surface area contributed by atoms with Crippen LogP contribution in [-0.2, 0) is 9.63 Å². The molecule has 1 amide bonds. The molecule has 3 rings (SSSR count). The number of nitrogens with zero attached hydrogens (tertiary/aromatic N) is 1. The summed E-state index contributed by atoms with van der Waals surface area (Å²) in [6, 6.07) is 17.6. The fourth-order valence-corrected chi connectivity index (χ4v) is 2.89. The molecular formula is C18H17BrN2O2. The van der Waals surface area contributed by atoms with Gasteiger partial charge in [0.2, 0.25) is 6.10 Å². The number of benzene rings is 2. The van der Waals surface area contributed by atoms with Crippen LogP contribution in [0.3, 0.4) is 0 Å². The first-order valence-electron chi connectivity index (χ1n) is 7.47. The van der Waals surface area contributed by atoms with Crippen molar-refractivity contribution in [2.45, 2.75) is 25.5 Å². The van der Waals surface area contributed by atoms with Gasteiger partial charge in [0.05, 0.1) is 11.8 Å². The molecule has 118 valence electrons. The molecule has 0 bridgehead atoms. The van der Waals surface area contributed by atoms with E-state index in [-0.39, 0.29) is 11.9 Å². The van der Waals surface area contributed by atoms with E-state index in [1.54, 1.807) is 0 Å². The average molecular weight is 373 g/mol. The summed E-state index contributed by atoms with van der Waals surface area (Å²) < 4.78 is 0.975. The lowest BCUT2D eigenvalue weighted by Crippen LogP contribution is -2.36. The molecule has 0 aliphatic carbocycles. The summed E-state index contributed by atoms with van der Waals surface area (Å²) in [7, 11) is 0. The van der Waals surface area contributed by atoms with Gasteiger partial charge in [-0.2, -0.15) is 0 Å². The molecule has 4 nitrogen and oxygen atoms in total. The van der Waals surface area contributed by atoms with Crippen LogP contribution in [0.5, 0.6) is 0 Å². The third-order valence-corrected chi connectivity index (χ3v) is 4.27. The van der Waals surface area contributed by atoms with Gasteiger partial charge in [-0.25, -0.2) is 0 Å². The van der Waals surface area contributed by atoms with Crippen molar-refractivity contribution in [3.05, 3.63) is 70.2 Å². The molecule has 0 saturated heterocycles. The lowest BCUT2D eigenvalue weighted by atomic mass is 10.0. The Labute approximate surface area is 143 Å². The van der Waals surface area contributed by atoms with E-state index in [2.05, 4.69) is 26.4 Å². The molecule has 0 saturated carbocycles. The van der Waals surface area contributed by atoms with Gasteiger partial charge in [0.15, 0.2) is 0 Å². The van der Waals surface area contributed by atoms with E-state index in [4.69, 9.17) is 4.84 Å². The van der Waals surface area contributed by atoms with E-state index in [1.807, 2.05) is 61.5 Å². The first kappa shape index (κ1) is 15.7. The highest BCUT2D eigenvalue weighted by Crippen LogP contribution is 2.21. The number of carbonyl (C=O) groups excluding carboxylic acids is 1. The first-order chi connectivity index (χ1) is 11.1. The highest BCUT2D eigenvalue weighted by atomic mass is 79.9. The number of hydrogen-bond donors (Lipinski definition) is 1. The van der Waals surface area contributed by atoms with Gasteiger partial charge in [0, 0.05) is 16.5 Å². The van der Waals surface area contributed by atoms with E-state index in [9.17, 15) is 4.79 Å². The van der Waals surface area contributed by atoms with Crippen molar-refractivity contribution in [3.8, 4) is 0 Å². The van der Waals surface area contributed by atoms with Crippen molar-refractivity contribution in [1.29, 1.82) is 0 Å². The van der Waals surface area contributed by atoms with Gasteiger partial charge in [-0.15, -0.1) is 0 Å².